The normalized spacial score (nSPS) is 12.2. The summed E-state index contributed by atoms with van der Waals surface area (Å²) in [6, 6.07) is 8.10. The molecule has 0 saturated carbocycles. The maximum Gasteiger partial charge on any atom is 0.340 e. The topological polar surface area (TPSA) is 111 Å². The number of urea groups is 1. The third-order valence-corrected chi connectivity index (χ3v) is 4.64. The van der Waals surface area contributed by atoms with E-state index in [9.17, 15) is 14.4 Å². The van der Waals surface area contributed by atoms with Crippen LogP contribution >= 0.6 is 11.8 Å². The Balaban J connectivity index is 1.97. The second kappa shape index (κ2) is 9.60. The Morgan fingerprint density at radius 2 is 1.93 bits per heavy atom. The number of carbonyl (C=O) groups is 3. The average molecular weight is 420 g/mol. The lowest BCUT2D eigenvalue weighted by molar-refractivity contribution is -0.127. The monoisotopic (exact) mass is 419 g/mol. The largest absolute Gasteiger partial charge is 0.449 e. The zero-order chi connectivity index (χ0) is 21.6. The van der Waals surface area contributed by atoms with Gasteiger partial charge in [-0.2, -0.15) is 0 Å². The molecule has 3 amide bonds. The van der Waals surface area contributed by atoms with Crippen molar-refractivity contribution >= 4 is 29.7 Å². The molecule has 156 valence electrons. The van der Waals surface area contributed by atoms with Crippen molar-refractivity contribution in [2.75, 3.05) is 0 Å². The molecule has 2 N–H and O–H groups in total. The number of nitrogens with zero attached hydrogens (tertiary/aromatic N) is 1. The Morgan fingerprint density at radius 1 is 1.24 bits per heavy atom. The molecule has 1 aromatic carbocycles. The molecule has 0 unspecified atom stereocenters. The Labute approximate surface area is 173 Å². The van der Waals surface area contributed by atoms with E-state index in [2.05, 4.69) is 15.8 Å². The SMILES string of the molecule is Cc1cc(CSc2ccccc2C(=O)O[C@@H](C)C(=O)NC(=O)NC(C)(C)C)no1. The highest BCUT2D eigenvalue weighted by molar-refractivity contribution is 7.98. The third-order valence-electron chi connectivity index (χ3n) is 3.54. The summed E-state index contributed by atoms with van der Waals surface area (Å²) in [5.41, 5.74) is 0.591. The Bertz CT molecular complexity index is 888. The van der Waals surface area contributed by atoms with Gasteiger partial charge in [0.25, 0.3) is 5.91 Å². The molecule has 0 radical (unpaired) electrons. The average Bonchev–Trinajstić information content (AvgIpc) is 3.03. The summed E-state index contributed by atoms with van der Waals surface area (Å²) in [7, 11) is 0. The van der Waals surface area contributed by atoms with Crippen molar-refractivity contribution in [3.63, 3.8) is 0 Å². The number of ether oxygens (including phenoxy) is 1. The molecule has 1 atom stereocenters. The number of imide groups is 1. The highest BCUT2D eigenvalue weighted by atomic mass is 32.2. The Hall–Kier alpha value is -2.81. The van der Waals surface area contributed by atoms with Crippen LogP contribution in [0.5, 0.6) is 0 Å². The fraction of sp³-hybridized carbons (Fsp3) is 0.400. The van der Waals surface area contributed by atoms with E-state index in [1.165, 1.54) is 18.7 Å². The van der Waals surface area contributed by atoms with Gasteiger partial charge in [0.2, 0.25) is 0 Å². The predicted molar refractivity (Wildman–Crippen MR) is 109 cm³/mol. The van der Waals surface area contributed by atoms with Gasteiger partial charge in [-0.15, -0.1) is 11.8 Å². The van der Waals surface area contributed by atoms with Crippen LogP contribution in [0.1, 0.15) is 49.5 Å². The number of nitrogens with one attached hydrogen (secondary N) is 2. The number of aromatic nitrogens is 1. The molecule has 0 aliphatic rings. The molecule has 29 heavy (non-hydrogen) atoms. The van der Waals surface area contributed by atoms with Gasteiger partial charge in [-0.25, -0.2) is 9.59 Å². The molecule has 0 bridgehead atoms. The van der Waals surface area contributed by atoms with Gasteiger partial charge in [-0.3, -0.25) is 10.1 Å². The zero-order valence-electron chi connectivity index (χ0n) is 17.1. The number of esters is 1. The number of amides is 3. The van der Waals surface area contributed by atoms with Crippen molar-refractivity contribution < 1.29 is 23.6 Å². The van der Waals surface area contributed by atoms with E-state index in [4.69, 9.17) is 9.26 Å². The van der Waals surface area contributed by atoms with Crippen LogP contribution in [0.4, 0.5) is 4.79 Å². The van der Waals surface area contributed by atoms with Crippen LogP contribution in [0, 0.1) is 6.92 Å². The van der Waals surface area contributed by atoms with Gasteiger partial charge in [-0.05, 0) is 46.8 Å². The molecule has 1 heterocycles. The Kier molecular flexibility index (Phi) is 7.44. The second-order valence-corrected chi connectivity index (χ2v) is 8.47. The molecular weight excluding hydrogens is 394 g/mol. The van der Waals surface area contributed by atoms with Crippen LogP contribution in [-0.2, 0) is 15.3 Å². The number of aryl methyl sites for hydroxylation is 1. The second-order valence-electron chi connectivity index (χ2n) is 7.45. The van der Waals surface area contributed by atoms with Crippen LogP contribution in [0.2, 0.25) is 0 Å². The summed E-state index contributed by atoms with van der Waals surface area (Å²) in [4.78, 5) is 37.2. The first kappa shape index (κ1) is 22.5. The van der Waals surface area contributed by atoms with E-state index in [-0.39, 0.29) is 0 Å². The molecule has 2 aromatic rings. The molecule has 2 rings (SSSR count). The summed E-state index contributed by atoms with van der Waals surface area (Å²) in [6.07, 6.45) is -1.13. The highest BCUT2D eigenvalue weighted by Crippen LogP contribution is 2.27. The fourth-order valence-electron chi connectivity index (χ4n) is 2.26. The molecular formula is C20H25N3O5S. The first-order valence-electron chi connectivity index (χ1n) is 9.03. The quantitative estimate of drug-likeness (QED) is 0.545. The molecule has 0 spiro atoms. The highest BCUT2D eigenvalue weighted by Gasteiger charge is 2.23. The van der Waals surface area contributed by atoms with E-state index in [1.54, 1.807) is 52.0 Å². The molecule has 0 aliphatic carbocycles. The van der Waals surface area contributed by atoms with E-state index >= 15 is 0 Å². The van der Waals surface area contributed by atoms with Crippen LogP contribution in [0.25, 0.3) is 0 Å². The van der Waals surface area contributed by atoms with Crippen molar-refractivity contribution in [3.05, 3.63) is 47.3 Å². The van der Waals surface area contributed by atoms with Crippen molar-refractivity contribution in [3.8, 4) is 0 Å². The van der Waals surface area contributed by atoms with Gasteiger partial charge in [-0.1, -0.05) is 17.3 Å². The molecule has 1 aromatic heterocycles. The first-order chi connectivity index (χ1) is 13.5. The molecule has 0 fully saturated rings. The van der Waals surface area contributed by atoms with Gasteiger partial charge >= 0.3 is 12.0 Å². The number of carbonyl (C=O) groups excluding carboxylic acids is 3. The maximum absolute atomic E-state index is 12.6. The van der Waals surface area contributed by atoms with E-state index in [1.807, 2.05) is 6.07 Å². The van der Waals surface area contributed by atoms with Crippen LogP contribution < -0.4 is 10.6 Å². The Morgan fingerprint density at radius 3 is 2.55 bits per heavy atom. The summed E-state index contributed by atoms with van der Waals surface area (Å²) in [5, 5.41) is 8.70. The van der Waals surface area contributed by atoms with E-state index in [0.717, 1.165) is 5.69 Å². The maximum atomic E-state index is 12.6. The fourth-order valence-corrected chi connectivity index (χ4v) is 3.18. The van der Waals surface area contributed by atoms with Gasteiger partial charge in [0.15, 0.2) is 6.10 Å². The first-order valence-corrected chi connectivity index (χ1v) is 10.0. The summed E-state index contributed by atoms with van der Waals surface area (Å²) in [5.74, 6) is -0.125. The summed E-state index contributed by atoms with van der Waals surface area (Å²) >= 11 is 1.41. The van der Waals surface area contributed by atoms with Crippen LogP contribution in [0.15, 0.2) is 39.8 Å². The minimum absolute atomic E-state index is 0.330. The number of rotatable bonds is 6. The van der Waals surface area contributed by atoms with Gasteiger partial charge in [0, 0.05) is 22.3 Å². The lowest BCUT2D eigenvalue weighted by Gasteiger charge is -2.21. The number of hydrogen-bond donors (Lipinski definition) is 2. The van der Waals surface area contributed by atoms with Gasteiger partial charge in [0.05, 0.1) is 11.3 Å². The summed E-state index contributed by atoms with van der Waals surface area (Å²) in [6.45, 7) is 8.58. The lowest BCUT2D eigenvalue weighted by Crippen LogP contribution is -2.50. The minimum Gasteiger partial charge on any atom is -0.449 e. The number of benzene rings is 1. The van der Waals surface area contributed by atoms with E-state index < -0.39 is 29.6 Å². The van der Waals surface area contributed by atoms with E-state index in [0.29, 0.717) is 22.0 Å². The molecule has 9 heteroatoms. The van der Waals surface area contributed by atoms with Crippen LogP contribution in [0.3, 0.4) is 0 Å². The van der Waals surface area contributed by atoms with Gasteiger partial charge < -0.3 is 14.6 Å². The number of hydrogen-bond acceptors (Lipinski definition) is 7. The predicted octanol–water partition coefficient (Wildman–Crippen LogP) is 3.44. The van der Waals surface area contributed by atoms with Crippen molar-refractivity contribution in [2.24, 2.45) is 0 Å². The van der Waals surface area contributed by atoms with Crippen LogP contribution in [-0.4, -0.2) is 34.7 Å². The standard InChI is InChI=1S/C20H25N3O5S/c1-12-10-14(23-28-12)11-29-16-9-7-6-8-15(16)18(25)27-13(2)17(24)21-19(26)22-20(3,4)5/h6-10,13H,11H2,1-5H3,(H2,21,22,24,26)/t13-/m0/s1. The minimum atomic E-state index is -1.13. The molecule has 0 aliphatic heterocycles. The van der Waals surface area contributed by atoms with Gasteiger partial charge in [0.1, 0.15) is 5.76 Å². The zero-order valence-corrected chi connectivity index (χ0v) is 17.9. The smallest absolute Gasteiger partial charge is 0.340 e. The summed E-state index contributed by atoms with van der Waals surface area (Å²) < 4.78 is 10.3. The molecule has 0 saturated heterocycles. The molecule has 8 nitrogen and oxygen atoms in total. The lowest BCUT2D eigenvalue weighted by atomic mass is 10.1. The van der Waals surface area contributed by atoms with Crippen molar-refractivity contribution in [1.82, 2.24) is 15.8 Å². The van der Waals surface area contributed by atoms with Crippen molar-refractivity contribution in [1.29, 1.82) is 0 Å². The third kappa shape index (κ3) is 7.26. The number of thioether (sulfide) groups is 1. The van der Waals surface area contributed by atoms with Crippen molar-refractivity contribution in [2.45, 2.75) is 56.9 Å².